The van der Waals surface area contributed by atoms with E-state index in [0.29, 0.717) is 29.5 Å². The summed E-state index contributed by atoms with van der Waals surface area (Å²) in [5.41, 5.74) is 1.40. The number of rotatable bonds is 11. The number of amides is 2. The minimum Gasteiger partial charge on any atom is -0.497 e. The molecule has 0 unspecified atom stereocenters. The third kappa shape index (κ3) is 7.70. The Balaban J connectivity index is 1.93. The van der Waals surface area contributed by atoms with Crippen molar-refractivity contribution in [1.82, 2.24) is 4.90 Å². The number of carbonyl (C=O) groups is 2. The van der Waals surface area contributed by atoms with Gasteiger partial charge in [-0.05, 0) is 42.3 Å². The highest BCUT2D eigenvalue weighted by Crippen LogP contribution is 2.28. The molecule has 0 aliphatic carbocycles. The van der Waals surface area contributed by atoms with Gasteiger partial charge in [-0.3, -0.25) is 9.59 Å². The second kappa shape index (κ2) is 12.3. The second-order valence-corrected chi connectivity index (χ2v) is 6.92. The van der Waals surface area contributed by atoms with Crippen LogP contribution >= 0.6 is 0 Å². The predicted molar refractivity (Wildman–Crippen MR) is 122 cm³/mol. The molecule has 7 heteroatoms. The van der Waals surface area contributed by atoms with E-state index in [1.165, 1.54) is 11.0 Å². The SMILES string of the molecule is CCCCOc1ccc(/C=C/C(=O)N(C)CC(=O)Nc2cccc(OC)c2)cc1OC. The minimum atomic E-state index is -0.298. The molecule has 0 aromatic heterocycles. The highest BCUT2D eigenvalue weighted by molar-refractivity contribution is 5.98. The van der Waals surface area contributed by atoms with Gasteiger partial charge < -0.3 is 24.4 Å². The average Bonchev–Trinajstić information content (AvgIpc) is 2.78. The van der Waals surface area contributed by atoms with E-state index in [1.807, 2.05) is 12.1 Å². The molecule has 0 bridgehead atoms. The summed E-state index contributed by atoms with van der Waals surface area (Å²) in [5.74, 6) is 1.33. The van der Waals surface area contributed by atoms with E-state index >= 15 is 0 Å². The number of methoxy groups -OCH3 is 2. The van der Waals surface area contributed by atoms with Crippen molar-refractivity contribution in [3.05, 3.63) is 54.1 Å². The monoisotopic (exact) mass is 426 g/mol. The molecule has 2 rings (SSSR count). The van der Waals surface area contributed by atoms with Gasteiger partial charge in [0.15, 0.2) is 11.5 Å². The van der Waals surface area contributed by atoms with Gasteiger partial charge in [0.2, 0.25) is 11.8 Å². The van der Waals surface area contributed by atoms with Crippen LogP contribution in [0.15, 0.2) is 48.5 Å². The first-order valence-electron chi connectivity index (χ1n) is 10.1. The van der Waals surface area contributed by atoms with Crippen LogP contribution in [0.4, 0.5) is 5.69 Å². The molecule has 2 aromatic rings. The maximum absolute atomic E-state index is 12.4. The molecular formula is C24H30N2O5. The fraction of sp³-hybridized carbons (Fsp3) is 0.333. The van der Waals surface area contributed by atoms with Crippen LogP contribution in [-0.4, -0.2) is 51.1 Å². The average molecular weight is 427 g/mol. The first-order chi connectivity index (χ1) is 15.0. The van der Waals surface area contributed by atoms with Crippen molar-refractivity contribution in [2.24, 2.45) is 0 Å². The van der Waals surface area contributed by atoms with E-state index in [9.17, 15) is 9.59 Å². The van der Waals surface area contributed by atoms with Gasteiger partial charge in [0.05, 0.1) is 27.4 Å². The molecule has 2 amide bonds. The summed E-state index contributed by atoms with van der Waals surface area (Å²) in [6, 6.07) is 12.5. The van der Waals surface area contributed by atoms with Gasteiger partial charge in [0.25, 0.3) is 0 Å². The largest absolute Gasteiger partial charge is 0.497 e. The highest BCUT2D eigenvalue weighted by atomic mass is 16.5. The number of benzene rings is 2. The van der Waals surface area contributed by atoms with Crippen molar-refractivity contribution < 1.29 is 23.8 Å². The molecule has 166 valence electrons. The van der Waals surface area contributed by atoms with Crippen molar-refractivity contribution in [1.29, 1.82) is 0 Å². The maximum atomic E-state index is 12.4. The zero-order valence-corrected chi connectivity index (χ0v) is 18.5. The third-order valence-electron chi connectivity index (χ3n) is 4.47. The Kier molecular flexibility index (Phi) is 9.42. The van der Waals surface area contributed by atoms with Gasteiger partial charge in [0, 0.05) is 24.9 Å². The van der Waals surface area contributed by atoms with E-state index in [1.54, 1.807) is 57.7 Å². The molecule has 0 saturated heterocycles. The number of nitrogens with zero attached hydrogens (tertiary/aromatic N) is 1. The molecule has 31 heavy (non-hydrogen) atoms. The lowest BCUT2D eigenvalue weighted by atomic mass is 10.2. The Hall–Kier alpha value is -3.48. The summed E-state index contributed by atoms with van der Waals surface area (Å²) in [5, 5.41) is 2.75. The van der Waals surface area contributed by atoms with Crippen molar-refractivity contribution in [3.8, 4) is 17.2 Å². The van der Waals surface area contributed by atoms with Crippen LogP contribution in [0.2, 0.25) is 0 Å². The van der Waals surface area contributed by atoms with Gasteiger partial charge in [-0.2, -0.15) is 0 Å². The smallest absolute Gasteiger partial charge is 0.246 e. The molecule has 0 fully saturated rings. The number of likely N-dealkylation sites (N-methyl/N-ethyl adjacent to an activating group) is 1. The van der Waals surface area contributed by atoms with Gasteiger partial charge >= 0.3 is 0 Å². The molecule has 2 aromatic carbocycles. The molecular weight excluding hydrogens is 396 g/mol. The Bertz CT molecular complexity index is 911. The predicted octanol–water partition coefficient (Wildman–Crippen LogP) is 3.99. The first kappa shape index (κ1) is 23.8. The number of anilines is 1. The lowest BCUT2D eigenvalue weighted by Gasteiger charge is -2.15. The van der Waals surface area contributed by atoms with Crippen LogP contribution in [0.25, 0.3) is 6.08 Å². The molecule has 0 atom stereocenters. The number of hydrogen-bond donors (Lipinski definition) is 1. The van der Waals surface area contributed by atoms with Crippen LogP contribution in [0, 0.1) is 0 Å². The first-order valence-corrected chi connectivity index (χ1v) is 10.1. The zero-order chi connectivity index (χ0) is 22.6. The third-order valence-corrected chi connectivity index (χ3v) is 4.47. The number of nitrogens with one attached hydrogen (secondary N) is 1. The Morgan fingerprint density at radius 3 is 2.58 bits per heavy atom. The van der Waals surface area contributed by atoms with E-state index in [-0.39, 0.29) is 18.4 Å². The molecule has 0 aliphatic heterocycles. The molecule has 7 nitrogen and oxygen atoms in total. The quantitative estimate of drug-likeness (QED) is 0.434. The van der Waals surface area contributed by atoms with Gasteiger partial charge in [-0.15, -0.1) is 0 Å². The second-order valence-electron chi connectivity index (χ2n) is 6.92. The summed E-state index contributed by atoms with van der Waals surface area (Å²) < 4.78 is 16.2. The van der Waals surface area contributed by atoms with E-state index < -0.39 is 0 Å². The molecule has 1 N–H and O–H groups in total. The number of carbonyl (C=O) groups excluding carboxylic acids is 2. The maximum Gasteiger partial charge on any atom is 0.246 e. The van der Waals surface area contributed by atoms with E-state index in [0.717, 1.165) is 18.4 Å². The summed E-state index contributed by atoms with van der Waals surface area (Å²) in [6.07, 6.45) is 5.12. The topological polar surface area (TPSA) is 77.1 Å². The molecule has 0 heterocycles. The Morgan fingerprint density at radius 2 is 1.87 bits per heavy atom. The van der Waals surface area contributed by atoms with Crippen LogP contribution in [0.1, 0.15) is 25.3 Å². The Morgan fingerprint density at radius 1 is 1.06 bits per heavy atom. The summed E-state index contributed by atoms with van der Waals surface area (Å²) >= 11 is 0. The number of unbranched alkanes of at least 4 members (excludes halogenated alkanes) is 1. The van der Waals surface area contributed by atoms with Crippen molar-refractivity contribution >= 4 is 23.6 Å². The normalized spacial score (nSPS) is 10.6. The molecule has 0 aliphatic rings. The number of hydrogen-bond acceptors (Lipinski definition) is 5. The lowest BCUT2D eigenvalue weighted by molar-refractivity contribution is -0.129. The van der Waals surface area contributed by atoms with Gasteiger partial charge in [-0.25, -0.2) is 0 Å². The molecule has 0 saturated carbocycles. The van der Waals surface area contributed by atoms with Crippen LogP contribution in [0.5, 0.6) is 17.2 Å². The van der Waals surface area contributed by atoms with Gasteiger partial charge in [0.1, 0.15) is 5.75 Å². The molecule has 0 spiro atoms. The lowest BCUT2D eigenvalue weighted by Crippen LogP contribution is -2.33. The fourth-order valence-corrected chi connectivity index (χ4v) is 2.72. The Labute approximate surface area is 183 Å². The fourth-order valence-electron chi connectivity index (χ4n) is 2.72. The van der Waals surface area contributed by atoms with E-state index in [2.05, 4.69) is 12.2 Å². The summed E-state index contributed by atoms with van der Waals surface area (Å²) in [7, 11) is 4.71. The van der Waals surface area contributed by atoms with Gasteiger partial charge in [-0.1, -0.05) is 25.5 Å². The van der Waals surface area contributed by atoms with Crippen LogP contribution in [0.3, 0.4) is 0 Å². The van der Waals surface area contributed by atoms with E-state index in [4.69, 9.17) is 14.2 Å². The minimum absolute atomic E-state index is 0.0755. The zero-order valence-electron chi connectivity index (χ0n) is 18.5. The van der Waals surface area contributed by atoms with Crippen molar-refractivity contribution in [2.45, 2.75) is 19.8 Å². The van der Waals surface area contributed by atoms with Crippen LogP contribution < -0.4 is 19.5 Å². The number of ether oxygens (including phenoxy) is 3. The van der Waals surface area contributed by atoms with Crippen LogP contribution in [-0.2, 0) is 9.59 Å². The van der Waals surface area contributed by atoms with Crippen molar-refractivity contribution in [2.75, 3.05) is 39.7 Å². The summed E-state index contributed by atoms with van der Waals surface area (Å²) in [6.45, 7) is 2.65. The van der Waals surface area contributed by atoms with Crippen molar-refractivity contribution in [3.63, 3.8) is 0 Å². The summed E-state index contributed by atoms with van der Waals surface area (Å²) in [4.78, 5) is 26.0. The standard InChI is InChI=1S/C24H30N2O5/c1-5-6-14-31-21-12-10-18(15-22(21)30-4)11-13-24(28)26(2)17-23(27)25-19-8-7-9-20(16-19)29-3/h7-13,15-16H,5-6,14,17H2,1-4H3,(H,25,27)/b13-11+. The highest BCUT2D eigenvalue weighted by Gasteiger charge is 2.11. The molecule has 0 radical (unpaired) electrons.